The first-order valence-electron chi connectivity index (χ1n) is 6.48. The molecule has 1 aromatic rings. The highest BCUT2D eigenvalue weighted by Gasteiger charge is 2.35. The Hall–Kier alpha value is -1.02. The molecule has 0 bridgehead atoms. The molecule has 1 aliphatic rings. The SMILES string of the molecule is CC1CN(S(=O)(=O)c2cc(F)ccc2CN)C(C)CO1. The Morgan fingerprint density at radius 1 is 1.45 bits per heavy atom. The topological polar surface area (TPSA) is 72.6 Å². The average molecular weight is 302 g/mol. The molecule has 0 radical (unpaired) electrons. The smallest absolute Gasteiger partial charge is 0.243 e. The van der Waals surface area contributed by atoms with Gasteiger partial charge in [-0.15, -0.1) is 0 Å². The van der Waals surface area contributed by atoms with E-state index in [2.05, 4.69) is 0 Å². The predicted octanol–water partition coefficient (Wildman–Crippen LogP) is 1.08. The summed E-state index contributed by atoms with van der Waals surface area (Å²) < 4.78 is 45.6. The number of rotatable bonds is 3. The molecular formula is C13H19FN2O3S. The molecule has 1 aromatic carbocycles. The Morgan fingerprint density at radius 3 is 2.80 bits per heavy atom. The third kappa shape index (κ3) is 2.85. The molecule has 1 saturated heterocycles. The van der Waals surface area contributed by atoms with E-state index in [1.807, 2.05) is 6.92 Å². The zero-order valence-corrected chi connectivity index (χ0v) is 12.4. The van der Waals surface area contributed by atoms with Gasteiger partial charge in [0.1, 0.15) is 5.82 Å². The van der Waals surface area contributed by atoms with Crippen molar-refractivity contribution in [2.45, 2.75) is 37.4 Å². The Balaban J connectivity index is 2.46. The van der Waals surface area contributed by atoms with Gasteiger partial charge in [0.25, 0.3) is 0 Å². The van der Waals surface area contributed by atoms with E-state index in [-0.39, 0.29) is 30.1 Å². The van der Waals surface area contributed by atoms with Gasteiger partial charge in [0.15, 0.2) is 0 Å². The number of hydrogen-bond acceptors (Lipinski definition) is 4. The lowest BCUT2D eigenvalue weighted by molar-refractivity contribution is -0.0170. The van der Waals surface area contributed by atoms with Gasteiger partial charge in [-0.1, -0.05) is 6.07 Å². The minimum Gasteiger partial charge on any atom is -0.375 e. The van der Waals surface area contributed by atoms with E-state index in [0.717, 1.165) is 6.07 Å². The largest absolute Gasteiger partial charge is 0.375 e. The van der Waals surface area contributed by atoms with E-state index < -0.39 is 15.8 Å². The molecule has 0 spiro atoms. The molecule has 0 aromatic heterocycles. The van der Waals surface area contributed by atoms with Crippen molar-refractivity contribution in [1.82, 2.24) is 4.31 Å². The first kappa shape index (κ1) is 15.4. The second-order valence-corrected chi connectivity index (χ2v) is 6.88. The first-order valence-corrected chi connectivity index (χ1v) is 7.92. The molecule has 20 heavy (non-hydrogen) atoms. The number of sulfonamides is 1. The first-order chi connectivity index (χ1) is 9.36. The van der Waals surface area contributed by atoms with Crippen molar-refractivity contribution in [3.8, 4) is 0 Å². The minimum atomic E-state index is -3.78. The van der Waals surface area contributed by atoms with Gasteiger partial charge >= 0.3 is 0 Å². The van der Waals surface area contributed by atoms with E-state index in [4.69, 9.17) is 10.5 Å². The fourth-order valence-electron chi connectivity index (χ4n) is 2.27. The summed E-state index contributed by atoms with van der Waals surface area (Å²) in [5, 5.41) is 0. The summed E-state index contributed by atoms with van der Waals surface area (Å²) in [6, 6.07) is 3.37. The highest BCUT2D eigenvalue weighted by atomic mass is 32.2. The highest BCUT2D eigenvalue weighted by molar-refractivity contribution is 7.89. The van der Waals surface area contributed by atoms with Crippen molar-refractivity contribution >= 4 is 10.0 Å². The molecule has 1 heterocycles. The molecular weight excluding hydrogens is 283 g/mol. The van der Waals surface area contributed by atoms with Crippen LogP contribution in [0.15, 0.2) is 23.1 Å². The van der Waals surface area contributed by atoms with E-state index in [1.165, 1.54) is 16.4 Å². The Kier molecular flexibility index (Phi) is 4.43. The lowest BCUT2D eigenvalue weighted by atomic mass is 10.2. The average Bonchev–Trinajstić information content (AvgIpc) is 2.41. The fraction of sp³-hybridized carbons (Fsp3) is 0.538. The maximum Gasteiger partial charge on any atom is 0.243 e. The van der Waals surface area contributed by atoms with Crippen LogP contribution in [-0.2, 0) is 21.3 Å². The van der Waals surface area contributed by atoms with Gasteiger partial charge in [0, 0.05) is 19.1 Å². The van der Waals surface area contributed by atoms with Crippen molar-refractivity contribution in [1.29, 1.82) is 0 Å². The quantitative estimate of drug-likeness (QED) is 0.907. The van der Waals surface area contributed by atoms with E-state index in [1.54, 1.807) is 6.92 Å². The summed E-state index contributed by atoms with van der Waals surface area (Å²) in [7, 11) is -3.78. The Bertz CT molecular complexity index is 591. The Morgan fingerprint density at radius 2 is 2.15 bits per heavy atom. The summed E-state index contributed by atoms with van der Waals surface area (Å²) in [6.45, 7) is 4.20. The number of halogens is 1. The van der Waals surface area contributed by atoms with E-state index in [0.29, 0.717) is 12.2 Å². The van der Waals surface area contributed by atoms with Crippen LogP contribution in [0, 0.1) is 5.82 Å². The molecule has 7 heteroatoms. The number of nitrogens with zero attached hydrogens (tertiary/aromatic N) is 1. The summed E-state index contributed by atoms with van der Waals surface area (Å²) in [6.07, 6.45) is -0.184. The number of hydrogen-bond donors (Lipinski definition) is 1. The van der Waals surface area contributed by atoms with Gasteiger partial charge in [-0.05, 0) is 31.5 Å². The van der Waals surface area contributed by atoms with Crippen molar-refractivity contribution in [3.05, 3.63) is 29.6 Å². The van der Waals surface area contributed by atoms with Crippen LogP contribution in [0.2, 0.25) is 0 Å². The lowest BCUT2D eigenvalue weighted by Gasteiger charge is -2.36. The van der Waals surface area contributed by atoms with Gasteiger partial charge in [-0.25, -0.2) is 12.8 Å². The van der Waals surface area contributed by atoms with Crippen LogP contribution in [0.3, 0.4) is 0 Å². The van der Waals surface area contributed by atoms with Crippen LogP contribution in [0.4, 0.5) is 4.39 Å². The number of ether oxygens (including phenoxy) is 1. The summed E-state index contributed by atoms with van der Waals surface area (Å²) in [4.78, 5) is -0.0547. The predicted molar refractivity (Wildman–Crippen MR) is 73.1 cm³/mol. The molecule has 2 atom stereocenters. The van der Waals surface area contributed by atoms with Crippen molar-refractivity contribution in [2.75, 3.05) is 13.2 Å². The zero-order chi connectivity index (χ0) is 14.9. The van der Waals surface area contributed by atoms with Crippen LogP contribution in [0.1, 0.15) is 19.4 Å². The molecule has 2 unspecified atom stereocenters. The standard InChI is InChI=1S/C13H19FN2O3S/c1-9-8-19-10(2)7-16(9)20(17,18)13-5-12(14)4-3-11(13)6-15/h3-5,9-10H,6-8,15H2,1-2H3. The third-order valence-electron chi connectivity index (χ3n) is 3.39. The van der Waals surface area contributed by atoms with Crippen LogP contribution < -0.4 is 5.73 Å². The molecule has 2 rings (SSSR count). The summed E-state index contributed by atoms with van der Waals surface area (Å²) in [5.41, 5.74) is 5.97. The monoisotopic (exact) mass is 302 g/mol. The van der Waals surface area contributed by atoms with Crippen molar-refractivity contribution in [2.24, 2.45) is 5.73 Å². The lowest BCUT2D eigenvalue weighted by Crippen LogP contribution is -2.50. The van der Waals surface area contributed by atoms with Gasteiger partial charge in [0.05, 0.1) is 17.6 Å². The molecule has 5 nitrogen and oxygen atoms in total. The van der Waals surface area contributed by atoms with E-state index >= 15 is 0 Å². The van der Waals surface area contributed by atoms with Crippen LogP contribution in [0.5, 0.6) is 0 Å². The molecule has 1 fully saturated rings. The summed E-state index contributed by atoms with van der Waals surface area (Å²) in [5.74, 6) is -0.588. The van der Waals surface area contributed by atoms with Gasteiger partial charge in [-0.3, -0.25) is 0 Å². The van der Waals surface area contributed by atoms with E-state index in [9.17, 15) is 12.8 Å². The molecule has 0 aliphatic carbocycles. The molecule has 0 saturated carbocycles. The van der Waals surface area contributed by atoms with Crippen LogP contribution in [0.25, 0.3) is 0 Å². The van der Waals surface area contributed by atoms with Crippen molar-refractivity contribution in [3.63, 3.8) is 0 Å². The van der Waals surface area contributed by atoms with Crippen LogP contribution in [-0.4, -0.2) is 38.0 Å². The summed E-state index contributed by atoms with van der Waals surface area (Å²) >= 11 is 0. The molecule has 2 N–H and O–H groups in total. The zero-order valence-electron chi connectivity index (χ0n) is 11.5. The minimum absolute atomic E-state index is 0.0448. The maximum atomic E-state index is 13.4. The van der Waals surface area contributed by atoms with Crippen molar-refractivity contribution < 1.29 is 17.5 Å². The van der Waals surface area contributed by atoms with Gasteiger partial charge in [0.2, 0.25) is 10.0 Å². The second-order valence-electron chi connectivity index (χ2n) is 5.02. The number of benzene rings is 1. The highest BCUT2D eigenvalue weighted by Crippen LogP contribution is 2.25. The normalized spacial score (nSPS) is 24.8. The maximum absolute atomic E-state index is 13.4. The Labute approximate surface area is 118 Å². The molecule has 1 aliphatic heterocycles. The van der Waals surface area contributed by atoms with Gasteiger partial charge in [-0.2, -0.15) is 4.31 Å². The molecule has 0 amide bonds. The third-order valence-corrected chi connectivity index (χ3v) is 5.45. The number of morpholine rings is 1. The fourth-order valence-corrected chi connectivity index (χ4v) is 4.21. The van der Waals surface area contributed by atoms with Crippen LogP contribution >= 0.6 is 0 Å². The molecule has 112 valence electrons. The van der Waals surface area contributed by atoms with Gasteiger partial charge < -0.3 is 10.5 Å². The second kappa shape index (κ2) is 5.77. The number of nitrogens with two attached hydrogens (primary N) is 1.